The molecule has 9 heteroatoms. The van der Waals surface area contributed by atoms with E-state index in [0.29, 0.717) is 12.3 Å². The van der Waals surface area contributed by atoms with E-state index in [0.717, 1.165) is 11.3 Å². The van der Waals surface area contributed by atoms with Crippen LogP contribution in [0, 0.1) is 0 Å². The van der Waals surface area contributed by atoms with Crippen molar-refractivity contribution in [1.29, 1.82) is 0 Å². The molecular weight excluding hydrogens is 394 g/mol. The number of hydrogen-bond donors (Lipinski definition) is 1. The van der Waals surface area contributed by atoms with Gasteiger partial charge in [0.1, 0.15) is 5.75 Å². The zero-order valence-electron chi connectivity index (χ0n) is 16.2. The van der Waals surface area contributed by atoms with Crippen LogP contribution in [0.1, 0.15) is 35.7 Å². The summed E-state index contributed by atoms with van der Waals surface area (Å²) in [4.78, 5) is 12.5. The molecule has 1 aromatic heterocycles. The number of nitrogens with one attached hydrogen (secondary N) is 1. The van der Waals surface area contributed by atoms with Crippen LogP contribution in [0.5, 0.6) is 5.75 Å². The lowest BCUT2D eigenvalue weighted by Crippen LogP contribution is -2.16. The topological polar surface area (TPSA) is 111 Å². The first-order chi connectivity index (χ1) is 13.8. The molecule has 1 N–H and O–H groups in total. The first kappa shape index (κ1) is 20.5. The van der Waals surface area contributed by atoms with Crippen LogP contribution < -0.4 is 10.1 Å². The van der Waals surface area contributed by atoms with Gasteiger partial charge in [-0.05, 0) is 49.7 Å². The lowest BCUT2D eigenvalue weighted by atomic mass is 10.1. The summed E-state index contributed by atoms with van der Waals surface area (Å²) in [6.45, 7) is 3.18. The number of nitrogens with zero attached hydrogens (tertiary/aromatic N) is 2. The van der Waals surface area contributed by atoms with E-state index in [9.17, 15) is 13.2 Å². The molecule has 0 bridgehead atoms. The Hall–Kier alpha value is -3.20. The number of benzene rings is 2. The van der Waals surface area contributed by atoms with Crippen molar-refractivity contribution in [3.05, 3.63) is 65.5 Å². The predicted molar refractivity (Wildman–Crippen MR) is 107 cm³/mol. The van der Waals surface area contributed by atoms with E-state index in [1.54, 1.807) is 21.0 Å². The van der Waals surface area contributed by atoms with Crippen LogP contribution >= 0.6 is 0 Å². The molecule has 3 rings (SSSR count). The van der Waals surface area contributed by atoms with Gasteiger partial charge in [0.15, 0.2) is 9.84 Å². The Labute approximate surface area is 168 Å². The summed E-state index contributed by atoms with van der Waals surface area (Å²) in [6.07, 6.45) is 0.398. The molecule has 0 aliphatic heterocycles. The summed E-state index contributed by atoms with van der Waals surface area (Å²) < 4.78 is 35.2. The van der Waals surface area contributed by atoms with Gasteiger partial charge >= 0.3 is 6.01 Å². The quantitative estimate of drug-likeness (QED) is 0.631. The van der Waals surface area contributed by atoms with E-state index >= 15 is 0 Å². The molecule has 0 aliphatic rings. The van der Waals surface area contributed by atoms with Crippen LogP contribution in [0.4, 0.5) is 6.01 Å². The Morgan fingerprint density at radius 2 is 1.86 bits per heavy atom. The summed E-state index contributed by atoms with van der Waals surface area (Å²) in [7, 11) is -1.89. The first-order valence-electron chi connectivity index (χ1n) is 8.90. The number of carbonyl (C=O) groups is 1. The number of sulfone groups is 1. The molecule has 152 valence electrons. The molecule has 3 aromatic rings. The second kappa shape index (κ2) is 8.44. The molecule has 0 unspecified atom stereocenters. The molecule has 0 saturated heterocycles. The van der Waals surface area contributed by atoms with Gasteiger partial charge in [-0.25, -0.2) is 8.42 Å². The van der Waals surface area contributed by atoms with Gasteiger partial charge < -0.3 is 9.15 Å². The number of anilines is 1. The number of amides is 1. The van der Waals surface area contributed by atoms with Crippen LogP contribution in [-0.2, 0) is 16.3 Å². The van der Waals surface area contributed by atoms with Gasteiger partial charge in [-0.1, -0.05) is 23.3 Å². The maximum atomic E-state index is 12.5. The largest absolute Gasteiger partial charge is 0.497 e. The van der Waals surface area contributed by atoms with Gasteiger partial charge in [0.2, 0.25) is 5.89 Å². The zero-order valence-corrected chi connectivity index (χ0v) is 17.1. The van der Waals surface area contributed by atoms with Crippen LogP contribution in [0.3, 0.4) is 0 Å². The molecule has 0 aliphatic carbocycles. The third-order valence-corrected chi connectivity index (χ3v) is 6.40. The highest BCUT2D eigenvalue weighted by Crippen LogP contribution is 2.19. The van der Waals surface area contributed by atoms with Gasteiger partial charge in [-0.2, -0.15) is 0 Å². The smallest absolute Gasteiger partial charge is 0.322 e. The second-order valence-electron chi connectivity index (χ2n) is 6.60. The van der Waals surface area contributed by atoms with Gasteiger partial charge in [0.25, 0.3) is 5.91 Å². The fourth-order valence-corrected chi connectivity index (χ4v) is 3.65. The minimum absolute atomic E-state index is 0.0596. The van der Waals surface area contributed by atoms with E-state index in [4.69, 9.17) is 9.15 Å². The lowest BCUT2D eigenvalue weighted by molar-refractivity contribution is 0.102. The fourth-order valence-electron chi connectivity index (χ4n) is 2.55. The fraction of sp³-hybridized carbons (Fsp3) is 0.250. The van der Waals surface area contributed by atoms with Crippen LogP contribution in [0.2, 0.25) is 0 Å². The summed E-state index contributed by atoms with van der Waals surface area (Å²) in [5.41, 5.74) is 1.13. The monoisotopic (exact) mass is 415 g/mol. The number of rotatable bonds is 7. The number of hydrogen-bond acceptors (Lipinski definition) is 7. The highest BCUT2D eigenvalue weighted by atomic mass is 32.2. The number of methoxy groups -OCH3 is 1. The van der Waals surface area contributed by atoms with E-state index < -0.39 is 21.0 Å². The molecule has 8 nitrogen and oxygen atoms in total. The van der Waals surface area contributed by atoms with Crippen molar-refractivity contribution >= 4 is 21.8 Å². The molecule has 0 spiro atoms. The van der Waals surface area contributed by atoms with E-state index in [1.807, 2.05) is 24.3 Å². The molecule has 2 aromatic carbocycles. The average Bonchev–Trinajstić information content (AvgIpc) is 3.15. The third-order valence-electron chi connectivity index (χ3n) is 4.25. The summed E-state index contributed by atoms with van der Waals surface area (Å²) in [5.74, 6) is 0.543. The summed E-state index contributed by atoms with van der Waals surface area (Å²) >= 11 is 0. The SMILES string of the molecule is COc1ccc(Cc2nnc(NC(=O)c3cccc(S(=O)(=O)C(C)C)c3)o2)cc1. The Morgan fingerprint density at radius 3 is 2.52 bits per heavy atom. The maximum absolute atomic E-state index is 12.5. The summed E-state index contributed by atoms with van der Waals surface area (Å²) in [6, 6.07) is 13.2. The Bertz CT molecular complexity index is 1110. The molecule has 1 amide bonds. The minimum Gasteiger partial charge on any atom is -0.497 e. The minimum atomic E-state index is -3.48. The normalized spacial score (nSPS) is 11.4. The number of ether oxygens (including phenoxy) is 1. The van der Waals surface area contributed by atoms with Gasteiger partial charge in [0.05, 0.1) is 23.7 Å². The summed E-state index contributed by atoms with van der Waals surface area (Å²) in [5, 5.41) is 9.65. The Balaban J connectivity index is 1.70. The van der Waals surface area contributed by atoms with E-state index in [-0.39, 0.29) is 16.5 Å². The van der Waals surface area contributed by atoms with Crippen molar-refractivity contribution in [2.45, 2.75) is 30.4 Å². The van der Waals surface area contributed by atoms with Gasteiger partial charge in [-0.3, -0.25) is 10.1 Å². The van der Waals surface area contributed by atoms with Gasteiger partial charge in [0, 0.05) is 5.56 Å². The Kier molecular flexibility index (Phi) is 5.97. The number of aromatic nitrogens is 2. The van der Waals surface area contributed by atoms with E-state index in [1.165, 1.54) is 24.3 Å². The van der Waals surface area contributed by atoms with Gasteiger partial charge in [-0.15, -0.1) is 5.10 Å². The predicted octanol–water partition coefficient (Wildman–Crippen LogP) is 3.10. The van der Waals surface area contributed by atoms with E-state index in [2.05, 4.69) is 15.5 Å². The van der Waals surface area contributed by atoms with Crippen molar-refractivity contribution < 1.29 is 22.4 Å². The molecule has 1 heterocycles. The molecule has 29 heavy (non-hydrogen) atoms. The van der Waals surface area contributed by atoms with Crippen molar-refractivity contribution in [3.63, 3.8) is 0 Å². The zero-order chi connectivity index (χ0) is 21.0. The molecular formula is C20H21N3O5S. The number of carbonyl (C=O) groups excluding carboxylic acids is 1. The highest BCUT2D eigenvalue weighted by molar-refractivity contribution is 7.92. The van der Waals surface area contributed by atoms with Crippen molar-refractivity contribution in [1.82, 2.24) is 10.2 Å². The highest BCUT2D eigenvalue weighted by Gasteiger charge is 2.21. The molecule has 0 saturated carbocycles. The molecule has 0 radical (unpaired) electrons. The molecule has 0 atom stereocenters. The standard InChI is InChI=1S/C20H21N3O5S/c1-13(2)29(25,26)17-6-4-5-15(12-17)19(24)21-20-23-22-18(28-20)11-14-7-9-16(27-3)10-8-14/h4-10,12-13H,11H2,1-3H3,(H,21,23,24). The Morgan fingerprint density at radius 1 is 1.14 bits per heavy atom. The average molecular weight is 415 g/mol. The van der Waals surface area contributed by atoms with Crippen molar-refractivity contribution in [3.8, 4) is 5.75 Å². The molecule has 0 fully saturated rings. The first-order valence-corrected chi connectivity index (χ1v) is 10.4. The maximum Gasteiger partial charge on any atom is 0.322 e. The lowest BCUT2D eigenvalue weighted by Gasteiger charge is -2.09. The van der Waals surface area contributed by atoms with Crippen LogP contribution in [0.25, 0.3) is 0 Å². The van der Waals surface area contributed by atoms with Crippen LogP contribution in [0.15, 0.2) is 57.8 Å². The second-order valence-corrected chi connectivity index (χ2v) is 9.11. The van der Waals surface area contributed by atoms with Crippen LogP contribution in [-0.4, -0.2) is 36.9 Å². The van der Waals surface area contributed by atoms with Crippen molar-refractivity contribution in [2.24, 2.45) is 0 Å². The third kappa shape index (κ3) is 4.80. The van der Waals surface area contributed by atoms with Crippen molar-refractivity contribution in [2.75, 3.05) is 12.4 Å².